The summed E-state index contributed by atoms with van der Waals surface area (Å²) in [6.07, 6.45) is 4.39. The molecule has 0 spiro atoms. The van der Waals surface area contributed by atoms with Gasteiger partial charge in [-0.15, -0.1) is 24.0 Å². The van der Waals surface area contributed by atoms with E-state index in [2.05, 4.69) is 29.0 Å². The first-order valence-corrected chi connectivity index (χ1v) is 7.75. The van der Waals surface area contributed by atoms with E-state index in [-0.39, 0.29) is 24.0 Å². The molecule has 0 aromatic carbocycles. The summed E-state index contributed by atoms with van der Waals surface area (Å²) in [6.45, 7) is 8.14. The number of hydrogen-bond acceptors (Lipinski definition) is 3. The molecule has 0 aliphatic carbocycles. The summed E-state index contributed by atoms with van der Waals surface area (Å²) in [5.41, 5.74) is 1.09. The predicted octanol–water partition coefficient (Wildman–Crippen LogP) is 2.91. The van der Waals surface area contributed by atoms with Crippen LogP contribution in [0.1, 0.15) is 32.3 Å². The van der Waals surface area contributed by atoms with Crippen LogP contribution < -0.4 is 10.1 Å². The molecule has 5 nitrogen and oxygen atoms in total. The minimum atomic E-state index is 0. The number of piperidine rings is 1. The Morgan fingerprint density at radius 1 is 1.50 bits per heavy atom. The maximum absolute atomic E-state index is 5.07. The van der Waals surface area contributed by atoms with E-state index in [0.717, 1.165) is 37.1 Å². The molecule has 1 aliphatic heterocycles. The highest BCUT2D eigenvalue weighted by molar-refractivity contribution is 14.0. The van der Waals surface area contributed by atoms with Gasteiger partial charge in [-0.2, -0.15) is 0 Å². The van der Waals surface area contributed by atoms with Gasteiger partial charge in [0.25, 0.3) is 0 Å². The Labute approximate surface area is 150 Å². The van der Waals surface area contributed by atoms with E-state index in [1.165, 1.54) is 12.8 Å². The van der Waals surface area contributed by atoms with Gasteiger partial charge in [0.2, 0.25) is 5.88 Å². The van der Waals surface area contributed by atoms with E-state index in [9.17, 15) is 0 Å². The first-order chi connectivity index (χ1) is 10.2. The number of aromatic nitrogens is 1. The van der Waals surface area contributed by atoms with Crippen molar-refractivity contribution in [2.45, 2.75) is 33.2 Å². The lowest BCUT2D eigenvalue weighted by Gasteiger charge is -2.33. The number of aliphatic imine (C=N–C) groups is 1. The molecule has 1 aromatic rings. The number of guanidine groups is 1. The summed E-state index contributed by atoms with van der Waals surface area (Å²) in [4.78, 5) is 11.3. The highest BCUT2D eigenvalue weighted by Gasteiger charge is 2.18. The third-order valence-electron chi connectivity index (χ3n) is 3.71. The number of nitrogens with one attached hydrogen (secondary N) is 1. The number of nitrogens with zero attached hydrogens (tertiary/aromatic N) is 3. The van der Waals surface area contributed by atoms with Crippen molar-refractivity contribution in [3.8, 4) is 5.88 Å². The Morgan fingerprint density at radius 3 is 2.91 bits per heavy atom. The summed E-state index contributed by atoms with van der Waals surface area (Å²) >= 11 is 0. The Hall–Kier alpha value is -1.05. The zero-order chi connectivity index (χ0) is 15.1. The number of ether oxygens (including phenoxy) is 1. The topological polar surface area (TPSA) is 49.8 Å². The molecule has 124 valence electrons. The van der Waals surface area contributed by atoms with E-state index in [0.29, 0.717) is 12.4 Å². The van der Waals surface area contributed by atoms with E-state index in [1.54, 1.807) is 7.11 Å². The molecule has 1 aliphatic rings. The van der Waals surface area contributed by atoms with Crippen LogP contribution in [0, 0.1) is 5.92 Å². The maximum Gasteiger partial charge on any atom is 0.212 e. The minimum Gasteiger partial charge on any atom is -0.481 e. The molecule has 0 saturated carbocycles. The molecule has 1 N–H and O–H groups in total. The SMILES string of the molecule is CCNC(=NCc1ccc(OC)nc1)N1CCCC(C)C1.I. The Morgan fingerprint density at radius 2 is 2.32 bits per heavy atom. The normalized spacial score (nSPS) is 18.6. The van der Waals surface area contributed by atoms with Crippen molar-refractivity contribution < 1.29 is 4.74 Å². The molecule has 1 unspecified atom stereocenters. The Balaban J connectivity index is 0.00000242. The van der Waals surface area contributed by atoms with E-state index >= 15 is 0 Å². The van der Waals surface area contributed by atoms with E-state index < -0.39 is 0 Å². The van der Waals surface area contributed by atoms with Crippen LogP contribution in [0.15, 0.2) is 23.3 Å². The molecule has 22 heavy (non-hydrogen) atoms. The fourth-order valence-corrected chi connectivity index (χ4v) is 2.60. The largest absolute Gasteiger partial charge is 0.481 e. The van der Waals surface area contributed by atoms with Crippen LogP contribution >= 0.6 is 24.0 Å². The summed E-state index contributed by atoms with van der Waals surface area (Å²) < 4.78 is 5.07. The molecular formula is C16H27IN4O. The van der Waals surface area contributed by atoms with Gasteiger partial charge >= 0.3 is 0 Å². The second-order valence-electron chi connectivity index (χ2n) is 5.57. The van der Waals surface area contributed by atoms with Crippen LogP contribution in [-0.4, -0.2) is 42.6 Å². The number of halogens is 1. The second-order valence-corrected chi connectivity index (χ2v) is 5.57. The zero-order valence-corrected chi connectivity index (χ0v) is 16.0. The lowest BCUT2D eigenvalue weighted by molar-refractivity contribution is 0.266. The van der Waals surface area contributed by atoms with Crippen LogP contribution in [0.2, 0.25) is 0 Å². The standard InChI is InChI=1S/C16H26N4O.HI/c1-4-17-16(20-9-5-6-13(2)12-20)19-11-14-7-8-15(21-3)18-10-14;/h7-8,10,13H,4-6,9,11-12H2,1-3H3,(H,17,19);1H. The Kier molecular flexibility index (Phi) is 8.52. The van der Waals surface area contributed by atoms with Crippen molar-refractivity contribution in [3.05, 3.63) is 23.9 Å². The van der Waals surface area contributed by atoms with Gasteiger partial charge in [0.05, 0.1) is 13.7 Å². The third-order valence-corrected chi connectivity index (χ3v) is 3.71. The monoisotopic (exact) mass is 418 g/mol. The number of pyridine rings is 1. The molecule has 1 fully saturated rings. The van der Waals surface area contributed by atoms with Crippen molar-refractivity contribution in [1.82, 2.24) is 15.2 Å². The van der Waals surface area contributed by atoms with Crippen LogP contribution in [0.5, 0.6) is 5.88 Å². The maximum atomic E-state index is 5.07. The molecule has 2 heterocycles. The number of rotatable bonds is 4. The van der Waals surface area contributed by atoms with Crippen molar-refractivity contribution in [1.29, 1.82) is 0 Å². The third kappa shape index (κ3) is 5.62. The summed E-state index contributed by atoms with van der Waals surface area (Å²) in [5, 5.41) is 3.40. The van der Waals surface area contributed by atoms with Gasteiger partial charge in [-0.25, -0.2) is 9.98 Å². The Bertz CT molecular complexity index is 464. The minimum absolute atomic E-state index is 0. The average molecular weight is 418 g/mol. The zero-order valence-electron chi connectivity index (χ0n) is 13.7. The quantitative estimate of drug-likeness (QED) is 0.464. The summed E-state index contributed by atoms with van der Waals surface area (Å²) in [6, 6.07) is 3.89. The number of methoxy groups -OCH3 is 1. The van der Waals surface area contributed by atoms with Crippen molar-refractivity contribution in [2.24, 2.45) is 10.9 Å². The van der Waals surface area contributed by atoms with Crippen molar-refractivity contribution in [3.63, 3.8) is 0 Å². The van der Waals surface area contributed by atoms with Crippen LogP contribution in [0.25, 0.3) is 0 Å². The molecule has 1 atom stereocenters. The van der Waals surface area contributed by atoms with E-state index in [4.69, 9.17) is 9.73 Å². The van der Waals surface area contributed by atoms with Crippen LogP contribution in [-0.2, 0) is 6.54 Å². The van der Waals surface area contributed by atoms with Gasteiger partial charge < -0.3 is 15.0 Å². The number of likely N-dealkylation sites (tertiary alicyclic amines) is 1. The van der Waals surface area contributed by atoms with Crippen molar-refractivity contribution in [2.75, 3.05) is 26.7 Å². The average Bonchev–Trinajstić information content (AvgIpc) is 2.52. The van der Waals surface area contributed by atoms with Gasteiger partial charge in [-0.05, 0) is 31.2 Å². The fraction of sp³-hybridized carbons (Fsp3) is 0.625. The molecule has 2 rings (SSSR count). The van der Waals surface area contributed by atoms with Gasteiger partial charge in [0.1, 0.15) is 0 Å². The van der Waals surface area contributed by atoms with Gasteiger partial charge in [-0.3, -0.25) is 0 Å². The fourth-order valence-electron chi connectivity index (χ4n) is 2.60. The first-order valence-electron chi connectivity index (χ1n) is 7.75. The highest BCUT2D eigenvalue weighted by atomic mass is 127. The molecule has 1 aromatic heterocycles. The smallest absolute Gasteiger partial charge is 0.212 e. The molecular weight excluding hydrogens is 391 g/mol. The lowest BCUT2D eigenvalue weighted by Crippen LogP contribution is -2.46. The summed E-state index contributed by atoms with van der Waals surface area (Å²) in [5.74, 6) is 2.39. The predicted molar refractivity (Wildman–Crippen MR) is 101 cm³/mol. The molecule has 0 radical (unpaired) electrons. The molecule has 0 bridgehead atoms. The highest BCUT2D eigenvalue weighted by Crippen LogP contribution is 2.16. The molecule has 0 amide bonds. The molecule has 6 heteroatoms. The van der Waals surface area contributed by atoms with Crippen LogP contribution in [0.3, 0.4) is 0 Å². The van der Waals surface area contributed by atoms with Crippen molar-refractivity contribution >= 4 is 29.9 Å². The van der Waals surface area contributed by atoms with Gasteiger partial charge in [-0.1, -0.05) is 13.0 Å². The van der Waals surface area contributed by atoms with Gasteiger partial charge in [0, 0.05) is 31.9 Å². The second kappa shape index (κ2) is 9.86. The summed E-state index contributed by atoms with van der Waals surface area (Å²) in [7, 11) is 1.63. The molecule has 1 saturated heterocycles. The van der Waals surface area contributed by atoms with Crippen LogP contribution in [0.4, 0.5) is 0 Å². The lowest BCUT2D eigenvalue weighted by atomic mass is 10.0. The first kappa shape index (κ1) is 19.0. The van der Waals surface area contributed by atoms with E-state index in [1.807, 2.05) is 18.3 Å². The number of hydrogen-bond donors (Lipinski definition) is 1. The van der Waals surface area contributed by atoms with Gasteiger partial charge in [0.15, 0.2) is 5.96 Å².